The first-order valence-electron chi connectivity index (χ1n) is 7.10. The van der Waals surface area contributed by atoms with Gasteiger partial charge in [0, 0.05) is 13.5 Å². The lowest BCUT2D eigenvalue weighted by atomic mass is 10.1. The van der Waals surface area contributed by atoms with Crippen LogP contribution in [0.3, 0.4) is 0 Å². The largest absolute Gasteiger partial charge is 0.472 e. The second-order valence-corrected chi connectivity index (χ2v) is 6.66. The van der Waals surface area contributed by atoms with Crippen LogP contribution in [0, 0.1) is 0 Å². The SMILES string of the molecule is CC[C@H]1O[C@@H](n2cnc3c(N)ncnc32)CC1OP(=O)(O)OC. The van der Waals surface area contributed by atoms with Crippen molar-refractivity contribution < 1.29 is 23.2 Å². The van der Waals surface area contributed by atoms with E-state index in [0.717, 1.165) is 7.11 Å². The van der Waals surface area contributed by atoms with Crippen molar-refractivity contribution in [2.24, 2.45) is 0 Å². The molecule has 0 aromatic carbocycles. The van der Waals surface area contributed by atoms with Gasteiger partial charge in [0.05, 0.1) is 18.5 Å². The van der Waals surface area contributed by atoms with Crippen LogP contribution in [0.2, 0.25) is 0 Å². The molecule has 2 unspecified atom stereocenters. The summed E-state index contributed by atoms with van der Waals surface area (Å²) in [6.07, 6.45) is 2.55. The Morgan fingerprint density at radius 2 is 2.30 bits per heavy atom. The van der Waals surface area contributed by atoms with Gasteiger partial charge in [0.2, 0.25) is 0 Å². The standard InChI is InChI=1S/C12H18N5O5P/c1-3-7-8(22-23(18,19)20-2)4-9(21-7)17-6-16-10-11(13)14-5-15-12(10)17/h5-9H,3-4H2,1-2H3,(H,18,19)(H2,13,14,15)/t7-,8?,9-/m1/s1. The molecule has 3 heterocycles. The van der Waals surface area contributed by atoms with Crippen molar-refractivity contribution in [3.63, 3.8) is 0 Å². The Morgan fingerprint density at radius 1 is 1.52 bits per heavy atom. The summed E-state index contributed by atoms with van der Waals surface area (Å²) in [5.74, 6) is 0.283. The molecule has 0 radical (unpaired) electrons. The van der Waals surface area contributed by atoms with Gasteiger partial charge in [-0.25, -0.2) is 19.5 Å². The van der Waals surface area contributed by atoms with Gasteiger partial charge in [0.15, 0.2) is 11.5 Å². The molecule has 126 valence electrons. The van der Waals surface area contributed by atoms with Crippen molar-refractivity contribution in [3.8, 4) is 0 Å². The number of nitrogens with two attached hydrogens (primary N) is 1. The highest BCUT2D eigenvalue weighted by atomic mass is 31.2. The molecule has 3 N–H and O–H groups in total. The molecule has 10 nitrogen and oxygen atoms in total. The molecule has 1 aliphatic rings. The van der Waals surface area contributed by atoms with E-state index in [4.69, 9.17) is 15.0 Å². The molecule has 2 aromatic rings. The number of hydrogen-bond donors (Lipinski definition) is 2. The van der Waals surface area contributed by atoms with E-state index in [1.807, 2.05) is 6.92 Å². The molecule has 4 atom stereocenters. The number of imidazole rings is 1. The fraction of sp³-hybridized carbons (Fsp3) is 0.583. The van der Waals surface area contributed by atoms with Crippen molar-refractivity contribution in [2.75, 3.05) is 12.8 Å². The minimum atomic E-state index is -4.08. The molecule has 11 heteroatoms. The lowest BCUT2D eigenvalue weighted by Crippen LogP contribution is -2.22. The number of nitrogen functional groups attached to an aromatic ring is 1. The Hall–Kier alpha value is -1.58. The molecule has 1 aliphatic heterocycles. The van der Waals surface area contributed by atoms with E-state index in [-0.39, 0.29) is 11.9 Å². The summed E-state index contributed by atoms with van der Waals surface area (Å²) in [6.45, 7) is 1.91. The Balaban J connectivity index is 1.86. The summed E-state index contributed by atoms with van der Waals surface area (Å²) in [4.78, 5) is 21.8. The Bertz CT molecular complexity index is 753. The van der Waals surface area contributed by atoms with E-state index >= 15 is 0 Å². The number of phosphoric ester groups is 1. The Labute approximate surface area is 132 Å². The molecule has 23 heavy (non-hydrogen) atoms. The maximum Gasteiger partial charge on any atom is 0.472 e. The minimum Gasteiger partial charge on any atom is -0.382 e. The molecule has 1 saturated heterocycles. The second kappa shape index (κ2) is 6.14. The first-order chi connectivity index (χ1) is 10.9. The molecule has 0 saturated carbocycles. The van der Waals surface area contributed by atoms with Gasteiger partial charge in [0.25, 0.3) is 0 Å². The van der Waals surface area contributed by atoms with E-state index in [1.54, 1.807) is 10.9 Å². The highest BCUT2D eigenvalue weighted by molar-refractivity contribution is 7.47. The Kier molecular flexibility index (Phi) is 4.35. The molecule has 1 fully saturated rings. The first-order valence-corrected chi connectivity index (χ1v) is 8.60. The summed E-state index contributed by atoms with van der Waals surface area (Å²) >= 11 is 0. The summed E-state index contributed by atoms with van der Waals surface area (Å²) < 4.78 is 29.0. The van der Waals surface area contributed by atoms with Gasteiger partial charge in [-0.05, 0) is 6.42 Å². The third kappa shape index (κ3) is 3.08. The zero-order valence-electron chi connectivity index (χ0n) is 12.7. The normalized spacial score (nSPS) is 27.3. The molecule has 2 aromatic heterocycles. The molecular weight excluding hydrogens is 325 g/mol. The predicted octanol–water partition coefficient (Wildman–Crippen LogP) is 1.24. The highest BCUT2D eigenvalue weighted by Gasteiger charge is 2.40. The molecule has 0 amide bonds. The summed E-state index contributed by atoms with van der Waals surface area (Å²) in [5, 5.41) is 0. The topological polar surface area (TPSA) is 135 Å². The van der Waals surface area contributed by atoms with Crippen molar-refractivity contribution in [1.82, 2.24) is 19.5 Å². The molecule has 3 rings (SSSR count). The lowest BCUT2D eigenvalue weighted by molar-refractivity contribution is -0.0189. The van der Waals surface area contributed by atoms with E-state index in [2.05, 4.69) is 19.5 Å². The summed E-state index contributed by atoms with van der Waals surface area (Å²) in [7, 11) is -2.96. The van der Waals surface area contributed by atoms with Gasteiger partial charge in [-0.15, -0.1) is 0 Å². The summed E-state index contributed by atoms with van der Waals surface area (Å²) in [6, 6.07) is 0. The van der Waals surface area contributed by atoms with Crippen LogP contribution in [0.4, 0.5) is 5.82 Å². The van der Waals surface area contributed by atoms with Crippen LogP contribution >= 0.6 is 7.82 Å². The van der Waals surface area contributed by atoms with Crippen LogP contribution in [0.15, 0.2) is 12.7 Å². The average Bonchev–Trinajstić information content (AvgIpc) is 3.11. The number of rotatable bonds is 5. The fourth-order valence-electron chi connectivity index (χ4n) is 2.64. The first kappa shape index (κ1) is 16.3. The third-order valence-electron chi connectivity index (χ3n) is 3.78. The van der Waals surface area contributed by atoms with Crippen molar-refractivity contribution >= 4 is 24.8 Å². The van der Waals surface area contributed by atoms with E-state index in [1.165, 1.54) is 6.33 Å². The van der Waals surface area contributed by atoms with Crippen LogP contribution in [0.25, 0.3) is 11.2 Å². The van der Waals surface area contributed by atoms with E-state index in [9.17, 15) is 9.46 Å². The smallest absolute Gasteiger partial charge is 0.382 e. The fourth-order valence-corrected chi connectivity index (χ4v) is 3.29. The van der Waals surface area contributed by atoms with Gasteiger partial charge in [-0.1, -0.05) is 6.92 Å². The van der Waals surface area contributed by atoms with Gasteiger partial charge in [-0.2, -0.15) is 0 Å². The zero-order chi connectivity index (χ0) is 16.6. The van der Waals surface area contributed by atoms with Crippen LogP contribution in [-0.4, -0.2) is 43.7 Å². The van der Waals surface area contributed by atoms with E-state index in [0.29, 0.717) is 24.0 Å². The van der Waals surface area contributed by atoms with Crippen LogP contribution in [0.1, 0.15) is 26.0 Å². The number of ether oxygens (including phenoxy) is 1. The quantitative estimate of drug-likeness (QED) is 0.768. The number of nitrogens with zero attached hydrogens (tertiary/aromatic N) is 4. The van der Waals surface area contributed by atoms with E-state index < -0.39 is 20.2 Å². The van der Waals surface area contributed by atoms with Gasteiger partial charge in [0.1, 0.15) is 18.1 Å². The molecule has 0 spiro atoms. The van der Waals surface area contributed by atoms with Gasteiger partial charge < -0.3 is 15.4 Å². The third-order valence-corrected chi connectivity index (χ3v) is 4.78. The van der Waals surface area contributed by atoms with Crippen LogP contribution in [-0.2, 0) is 18.3 Å². The summed E-state index contributed by atoms with van der Waals surface area (Å²) in [5.41, 5.74) is 6.79. The highest BCUT2D eigenvalue weighted by Crippen LogP contribution is 2.48. The van der Waals surface area contributed by atoms with Crippen molar-refractivity contribution in [3.05, 3.63) is 12.7 Å². The van der Waals surface area contributed by atoms with Crippen LogP contribution < -0.4 is 5.73 Å². The van der Waals surface area contributed by atoms with Gasteiger partial charge in [-0.3, -0.25) is 13.6 Å². The Morgan fingerprint density at radius 3 is 3.00 bits per heavy atom. The van der Waals surface area contributed by atoms with Crippen molar-refractivity contribution in [1.29, 1.82) is 0 Å². The monoisotopic (exact) mass is 343 g/mol. The average molecular weight is 343 g/mol. The molecule has 0 bridgehead atoms. The number of anilines is 1. The lowest BCUT2D eigenvalue weighted by Gasteiger charge is -2.18. The minimum absolute atomic E-state index is 0.283. The number of aromatic nitrogens is 4. The molecule has 0 aliphatic carbocycles. The zero-order valence-corrected chi connectivity index (χ0v) is 13.6. The van der Waals surface area contributed by atoms with Crippen molar-refractivity contribution in [2.45, 2.75) is 38.2 Å². The number of hydrogen-bond acceptors (Lipinski definition) is 8. The maximum atomic E-state index is 11.6. The van der Waals surface area contributed by atoms with Gasteiger partial charge >= 0.3 is 7.82 Å². The second-order valence-electron chi connectivity index (χ2n) is 5.15. The maximum absolute atomic E-state index is 11.6. The number of phosphoric acid groups is 1. The van der Waals surface area contributed by atoms with Crippen LogP contribution in [0.5, 0.6) is 0 Å². The predicted molar refractivity (Wildman–Crippen MR) is 80.3 cm³/mol. The number of fused-ring (bicyclic) bond motifs is 1. The molecular formula is C12H18N5O5P.